The first-order valence-electron chi connectivity index (χ1n) is 9.01. The van der Waals surface area contributed by atoms with E-state index in [2.05, 4.69) is 9.97 Å². The second-order valence-corrected chi connectivity index (χ2v) is 7.63. The highest BCUT2D eigenvalue weighted by Crippen LogP contribution is 2.19. The maximum atomic E-state index is 12.3. The lowest BCUT2D eigenvalue weighted by atomic mass is 10.2. The summed E-state index contributed by atoms with van der Waals surface area (Å²) in [5.74, 6) is -0.316. The van der Waals surface area contributed by atoms with Crippen molar-refractivity contribution in [1.82, 2.24) is 23.7 Å². The number of carbonyl (C=O) groups excluding carboxylic acids is 1. The number of nitrogens with zero attached hydrogens (tertiary/aromatic N) is 5. The van der Waals surface area contributed by atoms with Gasteiger partial charge in [0.1, 0.15) is 17.3 Å². The molecule has 4 heterocycles. The average molecular weight is 432 g/mol. The first-order chi connectivity index (χ1) is 14.0. The van der Waals surface area contributed by atoms with Gasteiger partial charge in [-0.15, -0.1) is 0 Å². The molecule has 0 fully saturated rings. The zero-order valence-corrected chi connectivity index (χ0v) is 17.4. The molecule has 0 aromatic carbocycles. The Morgan fingerprint density at radius 3 is 1.93 bits per heavy atom. The van der Waals surface area contributed by atoms with Gasteiger partial charge in [-0.05, 0) is 31.2 Å². The molecule has 1 atom stereocenters. The Kier molecular flexibility index (Phi) is 5.45. The lowest BCUT2D eigenvalue weighted by molar-refractivity contribution is -0.146. The van der Waals surface area contributed by atoms with E-state index in [0.29, 0.717) is 23.1 Å². The van der Waals surface area contributed by atoms with E-state index < -0.39 is 6.04 Å². The first-order valence-corrected chi connectivity index (χ1v) is 9.76. The Morgan fingerprint density at radius 2 is 1.48 bits per heavy atom. The number of methoxy groups -OCH3 is 1. The Hall–Kier alpha value is -2.61. The third-order valence-electron chi connectivity index (χ3n) is 4.91. The van der Waals surface area contributed by atoms with Gasteiger partial charge >= 0.3 is 5.97 Å². The number of pyridine rings is 2. The molecule has 0 spiro atoms. The number of aromatic nitrogens is 4. The number of hydrogen-bond acceptors (Lipinski definition) is 5. The molecule has 0 unspecified atom stereocenters. The Morgan fingerprint density at radius 1 is 1.00 bits per heavy atom. The summed E-state index contributed by atoms with van der Waals surface area (Å²) < 4.78 is 8.82. The van der Waals surface area contributed by atoms with Crippen LogP contribution in [0.2, 0.25) is 10.0 Å². The smallest absolute Gasteiger partial charge is 0.322 e. The monoisotopic (exact) mass is 431 g/mol. The highest BCUT2D eigenvalue weighted by molar-refractivity contribution is 6.30. The van der Waals surface area contributed by atoms with E-state index in [-0.39, 0.29) is 5.97 Å². The van der Waals surface area contributed by atoms with Crippen LogP contribution in [0.4, 0.5) is 0 Å². The molecule has 0 aliphatic rings. The van der Waals surface area contributed by atoms with E-state index in [9.17, 15) is 4.79 Å². The van der Waals surface area contributed by atoms with Gasteiger partial charge in [-0.1, -0.05) is 23.2 Å². The summed E-state index contributed by atoms with van der Waals surface area (Å²) in [6.07, 6.45) is 7.20. The molecule has 0 aliphatic heterocycles. The predicted molar refractivity (Wildman–Crippen MR) is 111 cm³/mol. The molecule has 4 aromatic heterocycles. The molecule has 0 aliphatic carbocycles. The standard InChI is InChI=1S/C20H19Cl2N5O2/c1-13(20(28)29-2)25(11-16-7-23-18-5-3-14(21)9-26(16)18)12-17-8-24-19-6-4-15(22)10-27(17)19/h3-10,13H,11-12H2,1-2H3/t13-/m1/s1. The van der Waals surface area contributed by atoms with E-state index in [0.717, 1.165) is 22.7 Å². The third kappa shape index (κ3) is 3.94. The molecule has 0 saturated heterocycles. The summed E-state index contributed by atoms with van der Waals surface area (Å²) in [4.78, 5) is 23.1. The minimum Gasteiger partial charge on any atom is -0.468 e. The fourth-order valence-corrected chi connectivity index (χ4v) is 3.63. The van der Waals surface area contributed by atoms with Crippen molar-refractivity contribution in [2.75, 3.05) is 7.11 Å². The number of ether oxygens (including phenoxy) is 1. The number of halogens is 2. The fraction of sp³-hybridized carbons (Fsp3) is 0.250. The average Bonchev–Trinajstić information content (AvgIpc) is 3.30. The molecular weight excluding hydrogens is 413 g/mol. The van der Waals surface area contributed by atoms with Crippen LogP contribution in [-0.2, 0) is 22.6 Å². The Labute approximate surface area is 177 Å². The fourth-order valence-electron chi connectivity index (χ4n) is 3.31. The zero-order chi connectivity index (χ0) is 20.5. The number of rotatable bonds is 6. The maximum absolute atomic E-state index is 12.3. The molecule has 29 heavy (non-hydrogen) atoms. The van der Waals surface area contributed by atoms with Crippen LogP contribution >= 0.6 is 23.2 Å². The molecule has 4 aromatic rings. The number of esters is 1. The van der Waals surface area contributed by atoms with Crippen molar-refractivity contribution in [2.24, 2.45) is 0 Å². The van der Waals surface area contributed by atoms with Crippen LogP contribution < -0.4 is 0 Å². The normalized spacial score (nSPS) is 12.7. The van der Waals surface area contributed by atoms with Gasteiger partial charge in [-0.25, -0.2) is 9.97 Å². The SMILES string of the molecule is COC(=O)[C@@H](C)N(Cc1cnc2ccc(Cl)cn12)Cc1cnc2ccc(Cl)cn12. The van der Waals surface area contributed by atoms with Crippen LogP contribution in [0, 0.1) is 0 Å². The molecule has 9 heteroatoms. The lowest BCUT2D eigenvalue weighted by Crippen LogP contribution is -2.39. The van der Waals surface area contributed by atoms with Crippen molar-refractivity contribution >= 4 is 40.5 Å². The van der Waals surface area contributed by atoms with Gasteiger partial charge in [0.2, 0.25) is 0 Å². The minimum atomic E-state index is -0.477. The molecule has 0 radical (unpaired) electrons. The van der Waals surface area contributed by atoms with Crippen molar-refractivity contribution < 1.29 is 9.53 Å². The van der Waals surface area contributed by atoms with Crippen LogP contribution in [0.3, 0.4) is 0 Å². The van der Waals surface area contributed by atoms with Crippen LogP contribution in [0.15, 0.2) is 49.1 Å². The topological polar surface area (TPSA) is 64.1 Å². The van der Waals surface area contributed by atoms with Gasteiger partial charge in [0.15, 0.2) is 0 Å². The highest BCUT2D eigenvalue weighted by atomic mass is 35.5. The second kappa shape index (κ2) is 8.02. The van der Waals surface area contributed by atoms with Crippen LogP contribution in [0.1, 0.15) is 18.3 Å². The van der Waals surface area contributed by atoms with Gasteiger partial charge in [-0.3, -0.25) is 9.69 Å². The van der Waals surface area contributed by atoms with Crippen molar-refractivity contribution in [3.63, 3.8) is 0 Å². The van der Waals surface area contributed by atoms with Crippen LogP contribution in [0.25, 0.3) is 11.3 Å². The van der Waals surface area contributed by atoms with E-state index in [1.54, 1.807) is 24.5 Å². The number of fused-ring (bicyclic) bond motifs is 2. The van der Waals surface area contributed by atoms with E-state index in [4.69, 9.17) is 27.9 Å². The van der Waals surface area contributed by atoms with E-state index >= 15 is 0 Å². The van der Waals surface area contributed by atoms with Crippen LogP contribution in [0.5, 0.6) is 0 Å². The summed E-state index contributed by atoms with van der Waals surface area (Å²) in [6.45, 7) is 2.75. The maximum Gasteiger partial charge on any atom is 0.322 e. The van der Waals surface area contributed by atoms with Gasteiger partial charge in [0, 0.05) is 25.5 Å². The summed E-state index contributed by atoms with van der Waals surface area (Å²) in [5, 5.41) is 1.22. The summed E-state index contributed by atoms with van der Waals surface area (Å²) in [6, 6.07) is 6.82. The summed E-state index contributed by atoms with van der Waals surface area (Å²) in [5.41, 5.74) is 3.39. The minimum absolute atomic E-state index is 0.316. The molecule has 7 nitrogen and oxygen atoms in total. The number of carbonyl (C=O) groups is 1. The molecule has 150 valence electrons. The van der Waals surface area contributed by atoms with Gasteiger partial charge < -0.3 is 13.5 Å². The van der Waals surface area contributed by atoms with E-state index in [1.165, 1.54) is 7.11 Å². The highest BCUT2D eigenvalue weighted by Gasteiger charge is 2.24. The van der Waals surface area contributed by atoms with Crippen molar-refractivity contribution in [3.8, 4) is 0 Å². The second-order valence-electron chi connectivity index (χ2n) is 6.75. The van der Waals surface area contributed by atoms with E-state index in [1.807, 2.05) is 45.2 Å². The summed E-state index contributed by atoms with van der Waals surface area (Å²) >= 11 is 12.3. The molecular formula is C20H19Cl2N5O2. The Balaban J connectivity index is 1.70. The van der Waals surface area contributed by atoms with Crippen molar-refractivity contribution in [2.45, 2.75) is 26.1 Å². The lowest BCUT2D eigenvalue weighted by Gasteiger charge is -2.26. The molecule has 4 rings (SSSR count). The largest absolute Gasteiger partial charge is 0.468 e. The third-order valence-corrected chi connectivity index (χ3v) is 5.36. The molecule has 0 N–H and O–H groups in total. The van der Waals surface area contributed by atoms with Crippen LogP contribution in [-0.4, -0.2) is 42.8 Å². The van der Waals surface area contributed by atoms with Gasteiger partial charge in [-0.2, -0.15) is 0 Å². The zero-order valence-electron chi connectivity index (χ0n) is 15.9. The Bertz CT molecular complexity index is 1100. The van der Waals surface area contributed by atoms with Gasteiger partial charge in [0.05, 0.1) is 40.9 Å². The quantitative estimate of drug-likeness (QED) is 0.433. The first kappa shape index (κ1) is 19.7. The van der Waals surface area contributed by atoms with Crippen molar-refractivity contribution in [1.29, 1.82) is 0 Å². The van der Waals surface area contributed by atoms with Gasteiger partial charge in [0.25, 0.3) is 0 Å². The molecule has 0 bridgehead atoms. The molecule has 0 saturated carbocycles. The predicted octanol–water partition coefficient (Wildman–Crippen LogP) is 3.85. The number of hydrogen-bond donors (Lipinski definition) is 0. The summed E-state index contributed by atoms with van der Waals surface area (Å²) in [7, 11) is 1.39. The van der Waals surface area contributed by atoms with Crippen molar-refractivity contribution in [3.05, 3.63) is 70.5 Å². The number of imidazole rings is 2. The molecule has 0 amide bonds.